The zero-order chi connectivity index (χ0) is 16.6. The molecular formula is C13H22N2O4S2. The summed E-state index contributed by atoms with van der Waals surface area (Å²) in [5, 5.41) is 0. The maximum atomic E-state index is 12.7. The number of rotatable bonds is 5. The first-order valence-electron chi connectivity index (χ1n) is 6.42. The van der Waals surface area contributed by atoms with Gasteiger partial charge in [0.05, 0.1) is 10.6 Å². The predicted octanol–water partition coefficient (Wildman–Crippen LogP) is 1.48. The first-order chi connectivity index (χ1) is 9.34. The van der Waals surface area contributed by atoms with Crippen LogP contribution in [0.2, 0.25) is 0 Å². The number of anilines is 1. The van der Waals surface area contributed by atoms with Gasteiger partial charge in [-0.15, -0.1) is 0 Å². The van der Waals surface area contributed by atoms with E-state index in [9.17, 15) is 16.8 Å². The van der Waals surface area contributed by atoms with E-state index in [1.54, 1.807) is 13.8 Å². The molecule has 1 rings (SSSR count). The maximum absolute atomic E-state index is 12.7. The van der Waals surface area contributed by atoms with Crippen LogP contribution in [0.3, 0.4) is 0 Å². The monoisotopic (exact) mass is 334 g/mol. The van der Waals surface area contributed by atoms with Crippen molar-refractivity contribution in [2.45, 2.75) is 42.5 Å². The van der Waals surface area contributed by atoms with Crippen LogP contribution >= 0.6 is 0 Å². The molecule has 2 N–H and O–H groups in total. The molecule has 0 spiro atoms. The second-order valence-electron chi connectivity index (χ2n) is 5.61. The van der Waals surface area contributed by atoms with Crippen molar-refractivity contribution < 1.29 is 16.8 Å². The number of hydrogen-bond acceptors (Lipinski definition) is 5. The van der Waals surface area contributed by atoms with Gasteiger partial charge >= 0.3 is 0 Å². The highest BCUT2D eigenvalue weighted by molar-refractivity contribution is 7.91. The summed E-state index contributed by atoms with van der Waals surface area (Å²) in [5.41, 5.74) is 5.16. The lowest BCUT2D eigenvalue weighted by Gasteiger charge is -2.34. The van der Waals surface area contributed by atoms with Crippen LogP contribution in [0, 0.1) is 0 Å². The van der Waals surface area contributed by atoms with E-state index in [2.05, 4.69) is 0 Å². The van der Waals surface area contributed by atoms with Crippen LogP contribution < -0.4 is 5.73 Å². The molecule has 8 heteroatoms. The lowest BCUT2D eigenvalue weighted by Crippen LogP contribution is -2.44. The highest BCUT2D eigenvalue weighted by Gasteiger charge is 2.34. The minimum atomic E-state index is -3.88. The second kappa shape index (κ2) is 5.58. The molecule has 0 atom stereocenters. The summed E-state index contributed by atoms with van der Waals surface area (Å²) in [6, 6.07) is 3.72. The van der Waals surface area contributed by atoms with Crippen molar-refractivity contribution in [2.75, 3.05) is 19.0 Å². The Morgan fingerprint density at radius 2 is 1.71 bits per heavy atom. The van der Waals surface area contributed by atoms with Gasteiger partial charge in [0.2, 0.25) is 10.0 Å². The molecule has 0 amide bonds. The fraction of sp³-hybridized carbons (Fsp3) is 0.538. The number of hydrogen-bond donors (Lipinski definition) is 1. The van der Waals surface area contributed by atoms with E-state index in [-0.39, 0.29) is 15.5 Å². The molecule has 6 nitrogen and oxygen atoms in total. The maximum Gasteiger partial charge on any atom is 0.245 e. The first kappa shape index (κ1) is 17.9. The molecule has 120 valence electrons. The third-order valence-corrected chi connectivity index (χ3v) is 7.00. The lowest BCUT2D eigenvalue weighted by molar-refractivity contribution is 0.257. The molecule has 0 saturated carbocycles. The van der Waals surface area contributed by atoms with Crippen molar-refractivity contribution >= 4 is 25.5 Å². The number of nitrogens with two attached hydrogens (primary N) is 1. The Labute approximate surface area is 126 Å². The van der Waals surface area contributed by atoms with Crippen molar-refractivity contribution in [3.05, 3.63) is 18.2 Å². The molecular weight excluding hydrogens is 312 g/mol. The van der Waals surface area contributed by atoms with E-state index in [1.807, 2.05) is 6.92 Å². The summed E-state index contributed by atoms with van der Waals surface area (Å²) in [6.45, 7) is 5.46. The molecule has 0 aliphatic carbocycles. The molecule has 0 aliphatic rings. The van der Waals surface area contributed by atoms with Gasteiger partial charge in [0.15, 0.2) is 9.84 Å². The fourth-order valence-corrected chi connectivity index (χ4v) is 4.10. The van der Waals surface area contributed by atoms with E-state index in [1.165, 1.54) is 23.5 Å². The standard InChI is InChI=1S/C13H22N2O4S2/c1-6-13(2,3)15(4)21(18,19)12-9-10(20(5,16)17)7-8-11(12)14/h7-9H,6,14H2,1-5H3. The highest BCUT2D eigenvalue weighted by atomic mass is 32.2. The van der Waals surface area contributed by atoms with Gasteiger partial charge in [0, 0.05) is 18.8 Å². The number of nitrogens with zero attached hydrogens (tertiary/aromatic N) is 1. The Morgan fingerprint density at radius 1 is 1.19 bits per heavy atom. The third kappa shape index (κ3) is 3.56. The van der Waals surface area contributed by atoms with E-state index in [4.69, 9.17) is 5.73 Å². The zero-order valence-corrected chi connectivity index (χ0v) is 14.5. The van der Waals surface area contributed by atoms with Crippen LogP contribution in [-0.2, 0) is 19.9 Å². The van der Waals surface area contributed by atoms with Gasteiger partial charge in [-0.2, -0.15) is 4.31 Å². The van der Waals surface area contributed by atoms with E-state index in [0.29, 0.717) is 6.42 Å². The Kier molecular flexibility index (Phi) is 4.77. The van der Waals surface area contributed by atoms with E-state index >= 15 is 0 Å². The van der Waals surface area contributed by atoms with Gasteiger partial charge < -0.3 is 5.73 Å². The molecule has 0 aromatic heterocycles. The van der Waals surface area contributed by atoms with Gasteiger partial charge in [-0.1, -0.05) is 6.92 Å². The molecule has 0 bridgehead atoms. The molecule has 0 fully saturated rings. The van der Waals surface area contributed by atoms with Crippen molar-refractivity contribution in [3.8, 4) is 0 Å². The van der Waals surface area contributed by atoms with Crippen LogP contribution in [0.25, 0.3) is 0 Å². The predicted molar refractivity (Wildman–Crippen MR) is 83.3 cm³/mol. The fourth-order valence-electron chi connectivity index (χ4n) is 1.66. The minimum absolute atomic E-state index is 0.0288. The van der Waals surface area contributed by atoms with Crippen LogP contribution in [0.5, 0.6) is 0 Å². The van der Waals surface area contributed by atoms with Crippen molar-refractivity contribution in [1.29, 1.82) is 0 Å². The third-order valence-electron chi connectivity index (χ3n) is 3.77. The molecule has 0 heterocycles. The van der Waals surface area contributed by atoms with Crippen molar-refractivity contribution in [2.24, 2.45) is 0 Å². The van der Waals surface area contributed by atoms with Gasteiger partial charge in [0.1, 0.15) is 4.90 Å². The summed E-state index contributed by atoms with van der Waals surface area (Å²) in [6.07, 6.45) is 1.63. The van der Waals surface area contributed by atoms with Gasteiger partial charge in [0.25, 0.3) is 0 Å². The average Bonchev–Trinajstić information content (AvgIpc) is 2.36. The molecule has 1 aromatic rings. The number of benzene rings is 1. The van der Waals surface area contributed by atoms with Crippen LogP contribution in [0.4, 0.5) is 5.69 Å². The summed E-state index contributed by atoms with van der Waals surface area (Å²) in [7, 11) is -5.92. The Balaban J connectivity index is 3.53. The summed E-state index contributed by atoms with van der Waals surface area (Å²) >= 11 is 0. The second-order valence-corrected chi connectivity index (χ2v) is 9.56. The number of sulfone groups is 1. The van der Waals surface area contributed by atoms with Crippen LogP contribution in [-0.4, -0.2) is 40.0 Å². The van der Waals surface area contributed by atoms with Gasteiger partial charge in [-0.3, -0.25) is 0 Å². The van der Waals surface area contributed by atoms with Gasteiger partial charge in [-0.25, -0.2) is 16.8 Å². The summed E-state index contributed by atoms with van der Waals surface area (Å²) < 4.78 is 49.8. The number of nitrogen functional groups attached to an aromatic ring is 1. The van der Waals surface area contributed by atoms with Crippen LogP contribution in [0.15, 0.2) is 28.0 Å². The molecule has 0 radical (unpaired) electrons. The van der Waals surface area contributed by atoms with Crippen molar-refractivity contribution in [1.82, 2.24) is 4.31 Å². The van der Waals surface area contributed by atoms with Gasteiger partial charge in [-0.05, 0) is 38.5 Å². The molecule has 21 heavy (non-hydrogen) atoms. The molecule has 0 unspecified atom stereocenters. The molecule has 1 aromatic carbocycles. The summed E-state index contributed by atoms with van der Waals surface area (Å²) in [4.78, 5) is -0.257. The van der Waals surface area contributed by atoms with Crippen molar-refractivity contribution in [3.63, 3.8) is 0 Å². The number of sulfonamides is 1. The Morgan fingerprint density at radius 3 is 2.14 bits per heavy atom. The lowest BCUT2D eigenvalue weighted by atomic mass is 10.0. The average molecular weight is 334 g/mol. The quantitative estimate of drug-likeness (QED) is 0.823. The first-order valence-corrected chi connectivity index (χ1v) is 9.76. The highest BCUT2D eigenvalue weighted by Crippen LogP contribution is 2.30. The van der Waals surface area contributed by atoms with E-state index in [0.717, 1.165) is 12.3 Å². The smallest absolute Gasteiger partial charge is 0.245 e. The molecule has 0 aliphatic heterocycles. The topological polar surface area (TPSA) is 97.5 Å². The Hall–Kier alpha value is -1.12. The largest absolute Gasteiger partial charge is 0.398 e. The van der Waals surface area contributed by atoms with E-state index < -0.39 is 25.4 Å². The van der Waals surface area contributed by atoms with Crippen LogP contribution in [0.1, 0.15) is 27.2 Å². The zero-order valence-electron chi connectivity index (χ0n) is 12.9. The normalized spacial score (nSPS) is 13.6. The SMILES string of the molecule is CCC(C)(C)N(C)S(=O)(=O)c1cc(S(C)(=O)=O)ccc1N. The minimum Gasteiger partial charge on any atom is -0.398 e. The molecule has 0 saturated heterocycles. The Bertz CT molecular complexity index is 737. The summed E-state index contributed by atoms with van der Waals surface area (Å²) in [5.74, 6) is 0.